The molecule has 0 N–H and O–H groups in total. The summed E-state index contributed by atoms with van der Waals surface area (Å²) in [5, 5.41) is 0. The fraction of sp³-hybridized carbons (Fsp3) is 0.300. The number of halogens is 1. The molecule has 0 saturated carbocycles. The normalized spacial score (nSPS) is 9.83. The highest BCUT2D eigenvalue weighted by Gasteiger charge is 2.01. The van der Waals surface area contributed by atoms with Crippen LogP contribution in [0.3, 0.4) is 0 Å². The summed E-state index contributed by atoms with van der Waals surface area (Å²) >= 11 is 0. The van der Waals surface area contributed by atoms with E-state index in [1.165, 1.54) is 6.07 Å². The summed E-state index contributed by atoms with van der Waals surface area (Å²) in [6.45, 7) is 1.73. The Morgan fingerprint density at radius 1 is 1.50 bits per heavy atom. The van der Waals surface area contributed by atoms with Crippen molar-refractivity contribution < 1.29 is 9.18 Å². The van der Waals surface area contributed by atoms with Gasteiger partial charge in [-0.1, -0.05) is 12.1 Å². The van der Waals surface area contributed by atoms with Crippen LogP contribution in [0.5, 0.6) is 0 Å². The third-order valence-electron chi connectivity index (χ3n) is 1.91. The molecule has 0 aliphatic rings. The second-order valence-electron chi connectivity index (χ2n) is 2.73. The van der Waals surface area contributed by atoms with Gasteiger partial charge in [0.25, 0.3) is 0 Å². The molecule has 0 aliphatic carbocycles. The highest BCUT2D eigenvalue weighted by Crippen LogP contribution is 2.13. The van der Waals surface area contributed by atoms with Crippen LogP contribution >= 0.6 is 0 Å². The Morgan fingerprint density at radius 3 is 2.92 bits per heavy atom. The van der Waals surface area contributed by atoms with E-state index in [9.17, 15) is 9.18 Å². The largest absolute Gasteiger partial charge is 0.303 e. The predicted octanol–water partition coefficient (Wildman–Crippen LogP) is 2.27. The lowest BCUT2D eigenvalue weighted by Crippen LogP contribution is -1.93. The molecule has 0 aliphatic heterocycles. The molecule has 0 unspecified atom stereocenters. The maximum Gasteiger partial charge on any atom is 0.126 e. The third kappa shape index (κ3) is 1.91. The van der Waals surface area contributed by atoms with Gasteiger partial charge in [0, 0.05) is 6.42 Å². The van der Waals surface area contributed by atoms with Crippen molar-refractivity contribution in [2.24, 2.45) is 0 Å². The van der Waals surface area contributed by atoms with Crippen LogP contribution in [0.1, 0.15) is 17.5 Å². The predicted molar refractivity (Wildman–Crippen MR) is 45.5 cm³/mol. The van der Waals surface area contributed by atoms with Crippen LogP contribution in [0.25, 0.3) is 0 Å². The standard InChI is InChI=1S/C10H11FO/c1-8-9(5-3-7-12)4-2-6-10(8)11/h2,4,6-7H,3,5H2,1H3. The van der Waals surface area contributed by atoms with Gasteiger partial charge in [-0.3, -0.25) is 0 Å². The number of hydrogen-bond acceptors (Lipinski definition) is 1. The van der Waals surface area contributed by atoms with Gasteiger partial charge in [-0.15, -0.1) is 0 Å². The highest BCUT2D eigenvalue weighted by molar-refractivity contribution is 5.50. The van der Waals surface area contributed by atoms with Crippen molar-refractivity contribution in [3.05, 3.63) is 35.1 Å². The molecular formula is C10H11FO. The van der Waals surface area contributed by atoms with E-state index < -0.39 is 0 Å². The van der Waals surface area contributed by atoms with Crippen LogP contribution in [-0.2, 0) is 11.2 Å². The van der Waals surface area contributed by atoms with Gasteiger partial charge in [-0.25, -0.2) is 4.39 Å². The number of carbonyl (C=O) groups excluding carboxylic acids is 1. The van der Waals surface area contributed by atoms with Crippen molar-refractivity contribution in [3.63, 3.8) is 0 Å². The maximum absolute atomic E-state index is 12.9. The van der Waals surface area contributed by atoms with E-state index in [0.29, 0.717) is 18.4 Å². The SMILES string of the molecule is Cc1c(F)cccc1CCC=O. The second kappa shape index (κ2) is 4.00. The van der Waals surface area contributed by atoms with E-state index >= 15 is 0 Å². The van der Waals surface area contributed by atoms with Gasteiger partial charge in [0.05, 0.1) is 0 Å². The summed E-state index contributed by atoms with van der Waals surface area (Å²) in [7, 11) is 0. The third-order valence-corrected chi connectivity index (χ3v) is 1.91. The van der Waals surface area contributed by atoms with Gasteiger partial charge < -0.3 is 4.79 Å². The molecule has 0 aromatic heterocycles. The van der Waals surface area contributed by atoms with Gasteiger partial charge in [0.2, 0.25) is 0 Å². The lowest BCUT2D eigenvalue weighted by molar-refractivity contribution is -0.107. The van der Waals surface area contributed by atoms with Crippen LogP contribution in [0.4, 0.5) is 4.39 Å². The minimum atomic E-state index is -0.196. The topological polar surface area (TPSA) is 17.1 Å². The molecule has 12 heavy (non-hydrogen) atoms. The quantitative estimate of drug-likeness (QED) is 0.629. The number of hydrogen-bond donors (Lipinski definition) is 0. The van der Waals surface area contributed by atoms with E-state index in [1.54, 1.807) is 13.0 Å². The molecule has 2 heteroatoms. The van der Waals surface area contributed by atoms with E-state index in [1.807, 2.05) is 6.07 Å². The van der Waals surface area contributed by atoms with Crippen LogP contribution in [0.2, 0.25) is 0 Å². The van der Waals surface area contributed by atoms with E-state index in [4.69, 9.17) is 0 Å². The Labute approximate surface area is 71.2 Å². The first-order chi connectivity index (χ1) is 5.75. The fourth-order valence-electron chi connectivity index (χ4n) is 1.14. The minimum absolute atomic E-state index is 0.196. The zero-order chi connectivity index (χ0) is 8.97. The highest BCUT2D eigenvalue weighted by atomic mass is 19.1. The minimum Gasteiger partial charge on any atom is -0.303 e. The Morgan fingerprint density at radius 2 is 2.25 bits per heavy atom. The second-order valence-corrected chi connectivity index (χ2v) is 2.73. The van der Waals surface area contributed by atoms with E-state index in [-0.39, 0.29) is 5.82 Å². The lowest BCUT2D eigenvalue weighted by Gasteiger charge is -2.03. The number of rotatable bonds is 3. The summed E-state index contributed by atoms with van der Waals surface area (Å²) in [6, 6.07) is 4.95. The first-order valence-corrected chi connectivity index (χ1v) is 3.93. The number of aldehydes is 1. The van der Waals surface area contributed by atoms with Crippen molar-refractivity contribution in [1.29, 1.82) is 0 Å². The van der Waals surface area contributed by atoms with Crippen LogP contribution in [0.15, 0.2) is 18.2 Å². The molecule has 0 spiro atoms. The zero-order valence-corrected chi connectivity index (χ0v) is 7.01. The molecule has 64 valence electrons. The fourth-order valence-corrected chi connectivity index (χ4v) is 1.14. The van der Waals surface area contributed by atoms with Crippen molar-refractivity contribution in [2.45, 2.75) is 19.8 Å². The first-order valence-electron chi connectivity index (χ1n) is 3.93. The van der Waals surface area contributed by atoms with Crippen molar-refractivity contribution in [1.82, 2.24) is 0 Å². The van der Waals surface area contributed by atoms with Crippen molar-refractivity contribution >= 4 is 6.29 Å². The molecule has 0 heterocycles. The molecule has 0 amide bonds. The average Bonchev–Trinajstić information content (AvgIpc) is 2.08. The Balaban J connectivity index is 2.84. The van der Waals surface area contributed by atoms with E-state index in [0.717, 1.165) is 11.8 Å². The van der Waals surface area contributed by atoms with Gasteiger partial charge in [0.1, 0.15) is 12.1 Å². The maximum atomic E-state index is 12.9. The Bertz CT molecular complexity index is 281. The zero-order valence-electron chi connectivity index (χ0n) is 7.01. The molecule has 0 fully saturated rings. The first kappa shape index (κ1) is 8.91. The smallest absolute Gasteiger partial charge is 0.126 e. The van der Waals surface area contributed by atoms with Gasteiger partial charge in [-0.2, -0.15) is 0 Å². The summed E-state index contributed by atoms with van der Waals surface area (Å²) in [5.41, 5.74) is 1.57. The molecule has 1 aromatic carbocycles. The van der Waals surface area contributed by atoms with Crippen LogP contribution < -0.4 is 0 Å². The summed E-state index contributed by atoms with van der Waals surface area (Å²) < 4.78 is 12.9. The Kier molecular flexibility index (Phi) is 2.97. The van der Waals surface area contributed by atoms with Gasteiger partial charge >= 0.3 is 0 Å². The monoisotopic (exact) mass is 166 g/mol. The van der Waals surface area contributed by atoms with Crippen molar-refractivity contribution in [2.75, 3.05) is 0 Å². The van der Waals surface area contributed by atoms with Crippen LogP contribution in [-0.4, -0.2) is 6.29 Å². The number of benzene rings is 1. The molecule has 0 bridgehead atoms. The summed E-state index contributed by atoms with van der Waals surface area (Å²) in [4.78, 5) is 10.1. The molecule has 1 rings (SSSR count). The average molecular weight is 166 g/mol. The number of aryl methyl sites for hydroxylation is 1. The molecule has 0 radical (unpaired) electrons. The Hall–Kier alpha value is -1.18. The van der Waals surface area contributed by atoms with Gasteiger partial charge in [-0.05, 0) is 30.5 Å². The van der Waals surface area contributed by atoms with E-state index in [2.05, 4.69) is 0 Å². The van der Waals surface area contributed by atoms with Gasteiger partial charge in [0.15, 0.2) is 0 Å². The lowest BCUT2D eigenvalue weighted by atomic mass is 10.0. The van der Waals surface area contributed by atoms with Crippen molar-refractivity contribution in [3.8, 4) is 0 Å². The molecular weight excluding hydrogens is 155 g/mol. The molecule has 0 atom stereocenters. The summed E-state index contributed by atoms with van der Waals surface area (Å²) in [6.07, 6.45) is 1.95. The van der Waals surface area contributed by atoms with Crippen LogP contribution in [0, 0.1) is 12.7 Å². The molecule has 1 nitrogen and oxygen atoms in total. The summed E-state index contributed by atoms with van der Waals surface area (Å²) in [5.74, 6) is -0.196. The number of carbonyl (C=O) groups is 1. The molecule has 1 aromatic rings. The molecule has 0 saturated heterocycles.